The molecule has 0 saturated heterocycles. The van der Waals surface area contributed by atoms with Gasteiger partial charge in [-0.05, 0) is 51.8 Å². The van der Waals surface area contributed by atoms with Gasteiger partial charge in [-0.3, -0.25) is 0 Å². The summed E-state index contributed by atoms with van der Waals surface area (Å²) in [5, 5.41) is 5.80. The maximum Gasteiger partial charge on any atom is 0.244 e. The molecule has 8 heteroatoms. The van der Waals surface area contributed by atoms with Gasteiger partial charge < -0.3 is 9.47 Å². The fourth-order valence-electron chi connectivity index (χ4n) is 3.14. The average molecular weight is 498 g/mol. The number of aromatic nitrogens is 2. The van der Waals surface area contributed by atoms with E-state index in [1.165, 1.54) is 0 Å². The highest BCUT2D eigenvalue weighted by Gasteiger charge is 2.11. The van der Waals surface area contributed by atoms with Crippen molar-refractivity contribution in [2.45, 2.75) is 0 Å². The maximum atomic E-state index is 6.21. The van der Waals surface area contributed by atoms with E-state index in [9.17, 15) is 0 Å². The second-order valence-corrected chi connectivity index (χ2v) is 7.82. The Morgan fingerprint density at radius 1 is 1.00 bits per heavy atom. The number of methoxy groups -OCH3 is 2. The minimum atomic E-state index is 0.379. The van der Waals surface area contributed by atoms with Crippen LogP contribution in [0.15, 0.2) is 70.2 Å². The third-order valence-electron chi connectivity index (χ3n) is 4.54. The summed E-state index contributed by atoms with van der Waals surface area (Å²) in [7, 11) is 3.18. The first-order chi connectivity index (χ1) is 15.1. The number of hydrogen-bond acceptors (Lipinski definition) is 6. The molecular formula is C23H18BrClN4O2. The molecule has 0 aliphatic heterocycles. The van der Waals surface area contributed by atoms with E-state index < -0.39 is 0 Å². The number of halogens is 2. The zero-order valence-corrected chi connectivity index (χ0v) is 19.1. The van der Waals surface area contributed by atoms with Gasteiger partial charge >= 0.3 is 0 Å². The summed E-state index contributed by atoms with van der Waals surface area (Å²) < 4.78 is 11.5. The summed E-state index contributed by atoms with van der Waals surface area (Å²) in [5.74, 6) is 1.60. The van der Waals surface area contributed by atoms with Crippen LogP contribution in [0.5, 0.6) is 11.5 Å². The van der Waals surface area contributed by atoms with E-state index in [2.05, 4.69) is 36.4 Å². The second-order valence-electron chi connectivity index (χ2n) is 6.53. The SMILES string of the molecule is COc1cc(/C=N/Nc2nc(-c3ccccc3)c3cc(Cl)ccc3n2)cc(Br)c1OC. The molecular weight excluding hydrogens is 480 g/mol. The molecule has 0 saturated carbocycles. The average Bonchev–Trinajstić information content (AvgIpc) is 2.79. The number of anilines is 1. The normalized spacial score (nSPS) is 11.1. The Hall–Kier alpha value is -3.16. The fourth-order valence-corrected chi connectivity index (χ4v) is 3.94. The van der Waals surface area contributed by atoms with Crippen molar-refractivity contribution in [1.82, 2.24) is 9.97 Å². The summed E-state index contributed by atoms with van der Waals surface area (Å²) in [6.45, 7) is 0. The van der Waals surface area contributed by atoms with E-state index in [1.54, 1.807) is 26.5 Å². The van der Waals surface area contributed by atoms with Crippen LogP contribution in [0.1, 0.15) is 5.56 Å². The molecule has 6 nitrogen and oxygen atoms in total. The van der Waals surface area contributed by atoms with E-state index in [4.69, 9.17) is 21.1 Å². The lowest BCUT2D eigenvalue weighted by Crippen LogP contribution is -2.00. The number of rotatable bonds is 6. The van der Waals surface area contributed by atoms with Crippen molar-refractivity contribution in [3.8, 4) is 22.8 Å². The largest absolute Gasteiger partial charge is 0.493 e. The Morgan fingerprint density at radius 3 is 2.55 bits per heavy atom. The van der Waals surface area contributed by atoms with Gasteiger partial charge in [0, 0.05) is 16.0 Å². The standard InChI is InChI=1S/C23H18BrClN4O2/c1-30-20-11-14(10-18(24)22(20)31-2)13-26-29-23-27-19-9-8-16(25)12-17(19)21(28-23)15-6-4-3-5-7-15/h3-13H,1-2H3,(H,27,28,29)/b26-13+. The van der Waals surface area contributed by atoms with Gasteiger partial charge in [0.2, 0.25) is 5.95 Å². The minimum Gasteiger partial charge on any atom is -0.493 e. The first kappa shape index (κ1) is 21.1. The number of hydrazone groups is 1. The minimum absolute atomic E-state index is 0.379. The van der Waals surface area contributed by atoms with Crippen LogP contribution in [-0.2, 0) is 0 Å². The molecule has 0 fully saturated rings. The molecule has 156 valence electrons. The molecule has 1 N–H and O–H groups in total. The molecule has 31 heavy (non-hydrogen) atoms. The lowest BCUT2D eigenvalue weighted by Gasteiger charge is -2.10. The molecule has 0 spiro atoms. The number of nitrogens with one attached hydrogen (secondary N) is 1. The van der Waals surface area contributed by atoms with Crippen LogP contribution >= 0.6 is 27.5 Å². The van der Waals surface area contributed by atoms with E-state index in [-0.39, 0.29) is 0 Å². The van der Waals surface area contributed by atoms with Crippen molar-refractivity contribution in [3.63, 3.8) is 0 Å². The van der Waals surface area contributed by atoms with Gasteiger partial charge in [0.1, 0.15) is 0 Å². The smallest absolute Gasteiger partial charge is 0.244 e. The highest BCUT2D eigenvalue weighted by atomic mass is 79.9. The molecule has 0 aliphatic carbocycles. The number of fused-ring (bicyclic) bond motifs is 1. The van der Waals surface area contributed by atoms with Gasteiger partial charge in [0.05, 0.1) is 36.1 Å². The number of nitrogens with zero attached hydrogens (tertiary/aromatic N) is 3. The summed E-state index contributed by atoms with van der Waals surface area (Å²) in [4.78, 5) is 9.24. The number of hydrogen-bond donors (Lipinski definition) is 1. The summed E-state index contributed by atoms with van der Waals surface area (Å²) in [6, 6.07) is 19.1. The van der Waals surface area contributed by atoms with E-state index in [0.29, 0.717) is 22.5 Å². The molecule has 1 aromatic heterocycles. The van der Waals surface area contributed by atoms with Gasteiger partial charge in [0.15, 0.2) is 11.5 Å². The molecule has 0 bridgehead atoms. The van der Waals surface area contributed by atoms with Gasteiger partial charge in [0.25, 0.3) is 0 Å². The lowest BCUT2D eigenvalue weighted by atomic mass is 10.1. The Morgan fingerprint density at radius 2 is 1.81 bits per heavy atom. The molecule has 0 radical (unpaired) electrons. The summed E-state index contributed by atoms with van der Waals surface area (Å²) in [5.41, 5.74) is 6.25. The molecule has 3 aromatic carbocycles. The van der Waals surface area contributed by atoms with Crippen LogP contribution in [0.25, 0.3) is 22.2 Å². The molecule has 1 heterocycles. The zero-order valence-electron chi connectivity index (χ0n) is 16.8. The van der Waals surface area contributed by atoms with E-state index >= 15 is 0 Å². The van der Waals surface area contributed by atoms with Gasteiger partial charge in [-0.25, -0.2) is 15.4 Å². The monoisotopic (exact) mass is 496 g/mol. The predicted octanol–water partition coefficient (Wildman–Crippen LogP) is 6.18. The molecule has 0 amide bonds. The highest BCUT2D eigenvalue weighted by Crippen LogP contribution is 2.36. The molecule has 0 atom stereocenters. The van der Waals surface area contributed by atoms with Crippen molar-refractivity contribution in [2.75, 3.05) is 19.6 Å². The van der Waals surface area contributed by atoms with Crippen LogP contribution in [0.2, 0.25) is 5.02 Å². The van der Waals surface area contributed by atoms with Crippen LogP contribution in [0, 0.1) is 0 Å². The van der Waals surface area contributed by atoms with E-state index in [1.807, 2.05) is 54.6 Å². The topological polar surface area (TPSA) is 68.6 Å². The molecule has 0 aliphatic rings. The Balaban J connectivity index is 1.68. The lowest BCUT2D eigenvalue weighted by molar-refractivity contribution is 0.353. The van der Waals surface area contributed by atoms with Gasteiger partial charge in [-0.2, -0.15) is 5.10 Å². The molecule has 4 aromatic rings. The molecule has 0 unspecified atom stereocenters. The van der Waals surface area contributed by atoms with Crippen molar-refractivity contribution < 1.29 is 9.47 Å². The quantitative estimate of drug-likeness (QED) is 0.255. The van der Waals surface area contributed by atoms with Crippen molar-refractivity contribution in [2.24, 2.45) is 5.10 Å². The first-order valence-corrected chi connectivity index (χ1v) is 10.5. The Labute approximate surface area is 193 Å². The number of ether oxygens (including phenoxy) is 2. The maximum absolute atomic E-state index is 6.21. The third-order valence-corrected chi connectivity index (χ3v) is 5.36. The second kappa shape index (κ2) is 9.32. The first-order valence-electron chi connectivity index (χ1n) is 9.32. The van der Waals surface area contributed by atoms with E-state index in [0.717, 1.165) is 32.2 Å². The Bertz CT molecular complexity index is 1270. The van der Waals surface area contributed by atoms with Gasteiger partial charge in [-0.1, -0.05) is 41.9 Å². The van der Waals surface area contributed by atoms with Crippen LogP contribution < -0.4 is 14.9 Å². The highest BCUT2D eigenvalue weighted by molar-refractivity contribution is 9.10. The molecule has 4 rings (SSSR count). The van der Waals surface area contributed by atoms with Crippen LogP contribution in [0.3, 0.4) is 0 Å². The summed E-state index contributed by atoms with van der Waals surface area (Å²) >= 11 is 9.69. The zero-order chi connectivity index (χ0) is 21.8. The van der Waals surface area contributed by atoms with Crippen molar-refractivity contribution in [1.29, 1.82) is 0 Å². The third kappa shape index (κ3) is 4.62. The van der Waals surface area contributed by atoms with Crippen LogP contribution in [-0.4, -0.2) is 30.4 Å². The predicted molar refractivity (Wildman–Crippen MR) is 128 cm³/mol. The number of benzene rings is 3. The van der Waals surface area contributed by atoms with Crippen LogP contribution in [0.4, 0.5) is 5.95 Å². The van der Waals surface area contributed by atoms with Gasteiger partial charge in [-0.15, -0.1) is 0 Å². The van der Waals surface area contributed by atoms with Crippen molar-refractivity contribution in [3.05, 3.63) is 75.7 Å². The fraction of sp³-hybridized carbons (Fsp3) is 0.0870. The Kier molecular flexibility index (Phi) is 6.34. The van der Waals surface area contributed by atoms with Crippen molar-refractivity contribution >= 4 is 50.6 Å². The summed E-state index contributed by atoms with van der Waals surface area (Å²) in [6.07, 6.45) is 1.66.